The zero-order valence-corrected chi connectivity index (χ0v) is 13.1. The van der Waals surface area contributed by atoms with Crippen LogP contribution < -0.4 is 5.73 Å². The lowest BCUT2D eigenvalue weighted by Crippen LogP contribution is -2.30. The van der Waals surface area contributed by atoms with E-state index in [9.17, 15) is 4.79 Å². The zero-order valence-electron chi connectivity index (χ0n) is 13.1. The van der Waals surface area contributed by atoms with E-state index in [1.165, 1.54) is 0 Å². The molecule has 5 nitrogen and oxygen atoms in total. The van der Waals surface area contributed by atoms with Gasteiger partial charge in [-0.15, -0.1) is 0 Å². The highest BCUT2D eigenvalue weighted by atomic mass is 16.5. The van der Waals surface area contributed by atoms with Crippen molar-refractivity contribution in [1.29, 1.82) is 0 Å². The minimum atomic E-state index is -0.000527. The molecule has 1 amide bonds. The van der Waals surface area contributed by atoms with Gasteiger partial charge in [-0.1, -0.05) is 19.8 Å². The summed E-state index contributed by atoms with van der Waals surface area (Å²) in [7, 11) is 3.34. The van der Waals surface area contributed by atoms with Crippen LogP contribution in [0.4, 0.5) is 0 Å². The molecule has 20 heavy (non-hydrogen) atoms. The summed E-state index contributed by atoms with van der Waals surface area (Å²) in [6.45, 7) is 4.17. The van der Waals surface area contributed by atoms with Crippen LogP contribution in [0.2, 0.25) is 0 Å². The molecule has 0 aliphatic carbocycles. The van der Waals surface area contributed by atoms with Gasteiger partial charge in [0.1, 0.15) is 12.2 Å². The Bertz CT molecular complexity index is 268. The molecule has 1 aliphatic heterocycles. The molecule has 2 N–H and O–H groups in total. The van der Waals surface area contributed by atoms with Crippen LogP contribution in [0.3, 0.4) is 0 Å². The van der Waals surface area contributed by atoms with Crippen molar-refractivity contribution in [1.82, 2.24) is 4.90 Å². The third-order valence-corrected chi connectivity index (χ3v) is 4.21. The first-order valence-electron chi connectivity index (χ1n) is 7.69. The molecule has 1 saturated heterocycles. The third kappa shape index (κ3) is 5.04. The van der Waals surface area contributed by atoms with Gasteiger partial charge in [0, 0.05) is 33.7 Å². The van der Waals surface area contributed by atoms with Crippen LogP contribution in [0.25, 0.3) is 0 Å². The Morgan fingerprint density at radius 1 is 1.20 bits per heavy atom. The van der Waals surface area contributed by atoms with Crippen LogP contribution in [-0.4, -0.2) is 56.9 Å². The number of carbonyl (C=O) groups is 1. The van der Waals surface area contributed by atoms with Crippen LogP contribution >= 0.6 is 0 Å². The van der Waals surface area contributed by atoms with Gasteiger partial charge in [0.05, 0.1) is 0 Å². The number of nitrogens with zero attached hydrogens (tertiary/aromatic N) is 1. The highest BCUT2D eigenvalue weighted by Gasteiger charge is 2.35. The maximum Gasteiger partial charge on any atom is 0.222 e. The Balaban J connectivity index is 2.39. The molecule has 1 rings (SSSR count). The number of likely N-dealkylation sites (tertiary alicyclic amines) is 1. The van der Waals surface area contributed by atoms with Gasteiger partial charge in [-0.25, -0.2) is 0 Å². The Labute approximate surface area is 122 Å². The van der Waals surface area contributed by atoms with Crippen molar-refractivity contribution in [3.63, 3.8) is 0 Å². The molecule has 0 aromatic heterocycles. The average Bonchev–Trinajstić information content (AvgIpc) is 2.88. The SMILES string of the molecule is CCCC(CCN)CCC(=O)N1CC(OC)C(OC)C1. The van der Waals surface area contributed by atoms with Crippen molar-refractivity contribution in [3.05, 3.63) is 0 Å². The molecular formula is C15H30N2O3. The molecule has 0 spiro atoms. The van der Waals surface area contributed by atoms with Crippen LogP contribution in [0.1, 0.15) is 39.0 Å². The summed E-state index contributed by atoms with van der Waals surface area (Å²) in [4.78, 5) is 14.1. The van der Waals surface area contributed by atoms with E-state index < -0.39 is 0 Å². The number of methoxy groups -OCH3 is 2. The molecule has 118 valence electrons. The molecule has 0 aromatic rings. The van der Waals surface area contributed by atoms with Gasteiger partial charge in [-0.2, -0.15) is 0 Å². The minimum Gasteiger partial charge on any atom is -0.377 e. The monoisotopic (exact) mass is 286 g/mol. The van der Waals surface area contributed by atoms with Crippen molar-refractivity contribution >= 4 is 5.91 Å². The van der Waals surface area contributed by atoms with Gasteiger partial charge in [0.25, 0.3) is 0 Å². The molecule has 0 aromatic carbocycles. The lowest BCUT2D eigenvalue weighted by Gasteiger charge is -2.19. The number of rotatable bonds is 9. The quantitative estimate of drug-likeness (QED) is 0.696. The minimum absolute atomic E-state index is 0.000527. The number of ether oxygens (including phenoxy) is 2. The summed E-state index contributed by atoms with van der Waals surface area (Å²) < 4.78 is 10.7. The van der Waals surface area contributed by atoms with Crippen LogP contribution in [0, 0.1) is 5.92 Å². The smallest absolute Gasteiger partial charge is 0.222 e. The fraction of sp³-hybridized carbons (Fsp3) is 0.933. The highest BCUT2D eigenvalue weighted by Crippen LogP contribution is 2.21. The molecular weight excluding hydrogens is 256 g/mol. The van der Waals surface area contributed by atoms with Crippen molar-refractivity contribution in [2.75, 3.05) is 33.9 Å². The first kappa shape index (κ1) is 17.4. The number of nitrogens with two attached hydrogens (primary N) is 1. The second kappa shape index (κ2) is 9.32. The number of amides is 1. The first-order chi connectivity index (χ1) is 9.65. The molecule has 1 heterocycles. The van der Waals surface area contributed by atoms with Crippen LogP contribution in [0.15, 0.2) is 0 Å². The van der Waals surface area contributed by atoms with E-state index in [1.807, 2.05) is 4.90 Å². The molecule has 5 heteroatoms. The number of hydrogen-bond donors (Lipinski definition) is 1. The van der Waals surface area contributed by atoms with E-state index >= 15 is 0 Å². The Kier molecular flexibility index (Phi) is 8.11. The van der Waals surface area contributed by atoms with E-state index in [1.54, 1.807) is 14.2 Å². The molecule has 0 bridgehead atoms. The Hall–Kier alpha value is -0.650. The largest absolute Gasteiger partial charge is 0.377 e. The summed E-state index contributed by atoms with van der Waals surface area (Å²) in [6, 6.07) is 0. The van der Waals surface area contributed by atoms with Gasteiger partial charge in [-0.05, 0) is 25.3 Å². The second-order valence-corrected chi connectivity index (χ2v) is 5.62. The lowest BCUT2D eigenvalue weighted by molar-refractivity contribution is -0.131. The van der Waals surface area contributed by atoms with Crippen molar-refractivity contribution < 1.29 is 14.3 Å². The average molecular weight is 286 g/mol. The fourth-order valence-corrected chi connectivity index (χ4v) is 2.96. The zero-order chi connectivity index (χ0) is 15.0. The van der Waals surface area contributed by atoms with E-state index in [0.717, 1.165) is 25.7 Å². The number of hydrogen-bond acceptors (Lipinski definition) is 4. The summed E-state index contributed by atoms with van der Waals surface area (Å²) >= 11 is 0. The predicted molar refractivity (Wildman–Crippen MR) is 79.5 cm³/mol. The molecule has 3 atom stereocenters. The van der Waals surface area contributed by atoms with Crippen molar-refractivity contribution in [3.8, 4) is 0 Å². The maximum atomic E-state index is 12.3. The molecule has 1 fully saturated rings. The van der Waals surface area contributed by atoms with Gasteiger partial charge in [0.15, 0.2) is 0 Å². The van der Waals surface area contributed by atoms with E-state index in [4.69, 9.17) is 15.2 Å². The van der Waals surface area contributed by atoms with Gasteiger partial charge < -0.3 is 20.1 Å². The van der Waals surface area contributed by atoms with Gasteiger partial charge in [-0.3, -0.25) is 4.79 Å². The highest BCUT2D eigenvalue weighted by molar-refractivity contribution is 5.76. The van der Waals surface area contributed by atoms with E-state index in [2.05, 4.69) is 6.92 Å². The standard InChI is InChI=1S/C15H30N2O3/c1-4-5-12(8-9-16)6-7-15(18)17-10-13(19-2)14(11-17)20-3/h12-14H,4-11,16H2,1-3H3. The first-order valence-corrected chi connectivity index (χ1v) is 7.69. The normalized spacial score (nSPS) is 24.1. The summed E-state index contributed by atoms with van der Waals surface area (Å²) in [5, 5.41) is 0. The summed E-state index contributed by atoms with van der Waals surface area (Å²) in [6.07, 6.45) is 4.88. The molecule has 0 saturated carbocycles. The van der Waals surface area contributed by atoms with Gasteiger partial charge in [0.2, 0.25) is 5.91 Å². The third-order valence-electron chi connectivity index (χ3n) is 4.21. The van der Waals surface area contributed by atoms with E-state index in [-0.39, 0.29) is 18.1 Å². The maximum absolute atomic E-state index is 12.3. The molecule has 0 radical (unpaired) electrons. The Morgan fingerprint density at radius 3 is 2.25 bits per heavy atom. The lowest BCUT2D eigenvalue weighted by atomic mass is 9.94. The van der Waals surface area contributed by atoms with E-state index in [0.29, 0.717) is 32.0 Å². The summed E-state index contributed by atoms with van der Waals surface area (Å²) in [5.41, 5.74) is 5.63. The fourth-order valence-electron chi connectivity index (χ4n) is 2.96. The van der Waals surface area contributed by atoms with Crippen LogP contribution in [0.5, 0.6) is 0 Å². The molecule has 3 unspecified atom stereocenters. The van der Waals surface area contributed by atoms with Crippen molar-refractivity contribution in [2.24, 2.45) is 11.7 Å². The summed E-state index contributed by atoms with van der Waals surface area (Å²) in [5.74, 6) is 0.790. The predicted octanol–water partition coefficient (Wildman–Crippen LogP) is 1.40. The number of carbonyl (C=O) groups excluding carboxylic acids is 1. The second-order valence-electron chi connectivity index (χ2n) is 5.62. The van der Waals surface area contributed by atoms with Crippen LogP contribution in [-0.2, 0) is 14.3 Å². The topological polar surface area (TPSA) is 64.8 Å². The van der Waals surface area contributed by atoms with Crippen molar-refractivity contribution in [2.45, 2.75) is 51.2 Å². The Morgan fingerprint density at radius 2 is 1.80 bits per heavy atom. The van der Waals surface area contributed by atoms with Gasteiger partial charge >= 0.3 is 0 Å². The molecule has 1 aliphatic rings.